The molecule has 92 valence electrons. The quantitative estimate of drug-likeness (QED) is 0.871. The summed E-state index contributed by atoms with van der Waals surface area (Å²) in [6.07, 6.45) is 0. The molecule has 2 aromatic rings. The van der Waals surface area contributed by atoms with Gasteiger partial charge in [0.1, 0.15) is 12.4 Å². The Morgan fingerprint density at radius 3 is 2.56 bits per heavy atom. The van der Waals surface area contributed by atoms with Crippen LogP contribution in [-0.4, -0.2) is 5.97 Å². The molecule has 2 aromatic carbocycles. The third kappa shape index (κ3) is 3.11. The van der Waals surface area contributed by atoms with E-state index in [2.05, 4.69) is 15.9 Å². The molecule has 0 saturated carbocycles. The van der Waals surface area contributed by atoms with Crippen molar-refractivity contribution < 1.29 is 14.6 Å². The maximum absolute atomic E-state index is 11.0. The predicted molar refractivity (Wildman–Crippen MR) is 69.2 cm³/mol. The van der Waals surface area contributed by atoms with Crippen LogP contribution in [0.4, 0.5) is 0 Å². The molecule has 18 heavy (non-hydrogen) atoms. The smallest absolute Gasteiger partial charge is 0.119 e. The van der Waals surface area contributed by atoms with Gasteiger partial charge in [-0.2, -0.15) is 0 Å². The SMILES string of the molecule is O=C([O-])c1ccc(Br)cc1COc1ccccc1. The first-order chi connectivity index (χ1) is 8.66. The van der Waals surface area contributed by atoms with Crippen LogP contribution in [0.15, 0.2) is 53.0 Å². The van der Waals surface area contributed by atoms with Gasteiger partial charge in [-0.1, -0.05) is 40.2 Å². The van der Waals surface area contributed by atoms with Gasteiger partial charge in [-0.05, 0) is 29.8 Å². The largest absolute Gasteiger partial charge is 0.545 e. The molecule has 0 heterocycles. The van der Waals surface area contributed by atoms with Gasteiger partial charge in [-0.3, -0.25) is 0 Å². The van der Waals surface area contributed by atoms with Crippen molar-refractivity contribution >= 4 is 21.9 Å². The molecule has 0 fully saturated rings. The number of carbonyl (C=O) groups is 1. The number of benzene rings is 2. The van der Waals surface area contributed by atoms with Gasteiger partial charge in [0, 0.05) is 10.0 Å². The fourth-order valence-corrected chi connectivity index (χ4v) is 1.97. The Kier molecular flexibility index (Phi) is 3.99. The second-order valence-corrected chi connectivity index (χ2v) is 4.61. The Morgan fingerprint density at radius 2 is 1.89 bits per heavy atom. The van der Waals surface area contributed by atoms with Gasteiger partial charge in [0.2, 0.25) is 0 Å². The Morgan fingerprint density at radius 1 is 1.17 bits per heavy atom. The molecule has 0 N–H and O–H groups in total. The summed E-state index contributed by atoms with van der Waals surface area (Å²) in [5.41, 5.74) is 0.724. The van der Waals surface area contributed by atoms with Crippen molar-refractivity contribution in [1.29, 1.82) is 0 Å². The number of carbonyl (C=O) groups excluding carboxylic acids is 1. The van der Waals surface area contributed by atoms with E-state index >= 15 is 0 Å². The van der Waals surface area contributed by atoms with Crippen molar-refractivity contribution in [2.75, 3.05) is 0 Å². The van der Waals surface area contributed by atoms with Crippen molar-refractivity contribution in [3.63, 3.8) is 0 Å². The van der Waals surface area contributed by atoms with E-state index in [0.29, 0.717) is 11.3 Å². The van der Waals surface area contributed by atoms with E-state index in [0.717, 1.165) is 4.47 Å². The topological polar surface area (TPSA) is 49.4 Å². The van der Waals surface area contributed by atoms with Crippen molar-refractivity contribution in [2.24, 2.45) is 0 Å². The maximum atomic E-state index is 11.0. The number of ether oxygens (including phenoxy) is 1. The molecule has 0 aliphatic heterocycles. The zero-order valence-corrected chi connectivity index (χ0v) is 11.0. The van der Waals surface area contributed by atoms with Crippen LogP contribution < -0.4 is 9.84 Å². The molecule has 2 rings (SSSR count). The number of aromatic carboxylic acids is 1. The van der Waals surface area contributed by atoms with Gasteiger partial charge in [-0.25, -0.2) is 0 Å². The van der Waals surface area contributed by atoms with Gasteiger partial charge in [0.05, 0.1) is 5.97 Å². The summed E-state index contributed by atoms with van der Waals surface area (Å²) in [5, 5.41) is 11.0. The molecule has 0 saturated heterocycles. The lowest BCUT2D eigenvalue weighted by atomic mass is 10.1. The fourth-order valence-electron chi connectivity index (χ4n) is 1.56. The summed E-state index contributed by atoms with van der Waals surface area (Å²) in [6, 6.07) is 14.1. The number of hydrogen-bond acceptors (Lipinski definition) is 3. The predicted octanol–water partition coefficient (Wildman–Crippen LogP) is 2.39. The summed E-state index contributed by atoms with van der Waals surface area (Å²) in [4.78, 5) is 11.0. The van der Waals surface area contributed by atoms with Gasteiger partial charge in [0.25, 0.3) is 0 Å². The number of carboxylic acid groups (broad SMARTS) is 1. The van der Waals surface area contributed by atoms with Gasteiger partial charge < -0.3 is 14.6 Å². The monoisotopic (exact) mass is 305 g/mol. The van der Waals surface area contributed by atoms with Crippen LogP contribution in [0.25, 0.3) is 0 Å². The molecule has 0 radical (unpaired) electrons. The third-order valence-electron chi connectivity index (χ3n) is 2.42. The Bertz CT molecular complexity index is 552. The first kappa shape index (κ1) is 12.6. The number of carboxylic acids is 1. The van der Waals surface area contributed by atoms with E-state index < -0.39 is 5.97 Å². The highest BCUT2D eigenvalue weighted by Crippen LogP contribution is 2.19. The molecular formula is C14H10BrO3-. The van der Waals surface area contributed by atoms with Crippen LogP contribution in [0, 0.1) is 0 Å². The maximum Gasteiger partial charge on any atom is 0.119 e. The Labute approximate surface area is 113 Å². The normalized spacial score (nSPS) is 10.1. The lowest BCUT2D eigenvalue weighted by Crippen LogP contribution is -2.24. The van der Waals surface area contributed by atoms with Gasteiger partial charge in [0.15, 0.2) is 0 Å². The zero-order valence-electron chi connectivity index (χ0n) is 9.43. The van der Waals surface area contributed by atoms with Crippen molar-refractivity contribution in [2.45, 2.75) is 6.61 Å². The third-order valence-corrected chi connectivity index (χ3v) is 2.92. The van der Waals surface area contributed by atoms with E-state index in [9.17, 15) is 9.90 Å². The first-order valence-electron chi connectivity index (χ1n) is 5.34. The number of hydrogen-bond donors (Lipinski definition) is 0. The van der Waals surface area contributed by atoms with Crippen molar-refractivity contribution in [3.8, 4) is 5.75 Å². The van der Waals surface area contributed by atoms with E-state index in [1.807, 2.05) is 30.3 Å². The second-order valence-electron chi connectivity index (χ2n) is 3.69. The highest BCUT2D eigenvalue weighted by atomic mass is 79.9. The lowest BCUT2D eigenvalue weighted by Gasteiger charge is -2.12. The van der Waals surface area contributed by atoms with Crippen LogP contribution in [0.2, 0.25) is 0 Å². The number of halogens is 1. The summed E-state index contributed by atoms with van der Waals surface area (Å²) >= 11 is 3.30. The molecule has 3 nitrogen and oxygen atoms in total. The van der Waals surface area contributed by atoms with Crippen molar-refractivity contribution in [3.05, 3.63) is 64.1 Å². The summed E-state index contributed by atoms with van der Waals surface area (Å²) in [6.45, 7) is 0.187. The molecule has 0 bridgehead atoms. The van der Waals surface area contributed by atoms with Crippen LogP contribution in [0.3, 0.4) is 0 Å². The van der Waals surface area contributed by atoms with Crippen LogP contribution in [0.5, 0.6) is 5.75 Å². The highest BCUT2D eigenvalue weighted by Gasteiger charge is 2.05. The fraction of sp³-hybridized carbons (Fsp3) is 0.0714. The van der Waals surface area contributed by atoms with E-state index in [1.165, 1.54) is 6.07 Å². The van der Waals surface area contributed by atoms with Gasteiger partial charge >= 0.3 is 0 Å². The highest BCUT2D eigenvalue weighted by molar-refractivity contribution is 9.10. The molecule has 0 aliphatic carbocycles. The van der Waals surface area contributed by atoms with Crippen LogP contribution >= 0.6 is 15.9 Å². The van der Waals surface area contributed by atoms with E-state index in [1.54, 1.807) is 12.1 Å². The minimum absolute atomic E-state index is 0.147. The van der Waals surface area contributed by atoms with E-state index in [4.69, 9.17) is 4.74 Å². The first-order valence-corrected chi connectivity index (χ1v) is 6.14. The molecule has 0 amide bonds. The lowest BCUT2D eigenvalue weighted by molar-refractivity contribution is -0.255. The molecule has 0 atom stereocenters. The number of rotatable bonds is 4. The summed E-state index contributed by atoms with van der Waals surface area (Å²) in [5.74, 6) is -0.504. The second kappa shape index (κ2) is 5.69. The zero-order chi connectivity index (χ0) is 13.0. The Balaban J connectivity index is 2.18. The molecular weight excluding hydrogens is 296 g/mol. The van der Waals surface area contributed by atoms with Crippen molar-refractivity contribution in [1.82, 2.24) is 0 Å². The number of para-hydroxylation sites is 1. The Hall–Kier alpha value is -1.81. The van der Waals surface area contributed by atoms with E-state index in [-0.39, 0.29) is 12.2 Å². The van der Waals surface area contributed by atoms with Crippen LogP contribution in [-0.2, 0) is 6.61 Å². The van der Waals surface area contributed by atoms with Crippen LogP contribution in [0.1, 0.15) is 15.9 Å². The molecule has 0 aliphatic rings. The molecule has 0 spiro atoms. The summed E-state index contributed by atoms with van der Waals surface area (Å²) in [7, 11) is 0. The average molecular weight is 306 g/mol. The molecule has 0 unspecified atom stereocenters. The minimum Gasteiger partial charge on any atom is -0.545 e. The van der Waals surface area contributed by atoms with Gasteiger partial charge in [-0.15, -0.1) is 0 Å². The standard InChI is InChI=1S/C14H11BrO3/c15-11-6-7-13(14(16)17)10(8-11)9-18-12-4-2-1-3-5-12/h1-8H,9H2,(H,16,17)/p-1. The molecule has 0 aromatic heterocycles. The minimum atomic E-state index is -1.20. The average Bonchev–Trinajstić information content (AvgIpc) is 2.37. The molecule has 4 heteroatoms. The summed E-state index contributed by atoms with van der Waals surface area (Å²) < 4.78 is 6.33.